The zero-order valence-electron chi connectivity index (χ0n) is 11.3. The van der Waals surface area contributed by atoms with Crippen molar-refractivity contribution < 1.29 is 14.5 Å². The van der Waals surface area contributed by atoms with Crippen molar-refractivity contribution in [1.82, 2.24) is 5.32 Å². The Labute approximate surface area is 125 Å². The van der Waals surface area contributed by atoms with Crippen molar-refractivity contribution >= 4 is 28.9 Å². The summed E-state index contributed by atoms with van der Waals surface area (Å²) in [6.07, 6.45) is 0.606. The third-order valence-corrected chi connectivity index (χ3v) is 3.66. The van der Waals surface area contributed by atoms with E-state index in [-0.39, 0.29) is 34.1 Å². The van der Waals surface area contributed by atoms with E-state index in [2.05, 4.69) is 10.7 Å². The predicted molar refractivity (Wildman–Crippen MR) is 77.2 cm³/mol. The number of nitrogens with two attached hydrogens (primary N) is 1. The van der Waals surface area contributed by atoms with E-state index in [0.29, 0.717) is 13.0 Å². The van der Waals surface area contributed by atoms with Gasteiger partial charge in [0.1, 0.15) is 5.69 Å². The van der Waals surface area contributed by atoms with Crippen molar-refractivity contribution in [2.24, 2.45) is 5.84 Å². The van der Waals surface area contributed by atoms with Crippen molar-refractivity contribution in [1.29, 1.82) is 0 Å². The summed E-state index contributed by atoms with van der Waals surface area (Å²) >= 11 is 5.92. The van der Waals surface area contributed by atoms with Gasteiger partial charge >= 0.3 is 0 Å². The monoisotopic (exact) mass is 314 g/mol. The zero-order chi connectivity index (χ0) is 15.6. The van der Waals surface area contributed by atoms with E-state index >= 15 is 0 Å². The molecule has 9 heteroatoms. The van der Waals surface area contributed by atoms with Crippen LogP contribution in [0.5, 0.6) is 0 Å². The molecule has 2 atom stereocenters. The average Bonchev–Trinajstić information content (AvgIpc) is 2.83. The van der Waals surface area contributed by atoms with Gasteiger partial charge in [-0.2, -0.15) is 0 Å². The first kappa shape index (κ1) is 15.5. The fraction of sp³-hybridized carbons (Fsp3) is 0.417. The molecule has 1 heterocycles. The lowest BCUT2D eigenvalue weighted by Crippen LogP contribution is -2.39. The summed E-state index contributed by atoms with van der Waals surface area (Å²) in [5.74, 6) is 4.77. The van der Waals surface area contributed by atoms with Gasteiger partial charge in [-0.05, 0) is 19.4 Å². The molecule has 2 unspecified atom stereocenters. The summed E-state index contributed by atoms with van der Waals surface area (Å²) in [7, 11) is 0. The number of halogens is 1. The van der Waals surface area contributed by atoms with Crippen molar-refractivity contribution in [2.45, 2.75) is 25.5 Å². The number of hydrogen-bond acceptors (Lipinski definition) is 6. The third kappa shape index (κ3) is 3.23. The molecule has 1 aliphatic rings. The number of benzene rings is 1. The lowest BCUT2D eigenvalue weighted by atomic mass is 10.1. The molecule has 1 aliphatic heterocycles. The Morgan fingerprint density at radius 2 is 2.29 bits per heavy atom. The van der Waals surface area contributed by atoms with Gasteiger partial charge < -0.3 is 15.5 Å². The van der Waals surface area contributed by atoms with Crippen LogP contribution in [0.2, 0.25) is 5.02 Å². The van der Waals surface area contributed by atoms with Crippen LogP contribution in [0.3, 0.4) is 0 Å². The Morgan fingerprint density at radius 3 is 2.81 bits per heavy atom. The van der Waals surface area contributed by atoms with Gasteiger partial charge in [0, 0.05) is 18.2 Å². The summed E-state index contributed by atoms with van der Waals surface area (Å²) < 4.78 is 5.35. The lowest BCUT2D eigenvalue weighted by Gasteiger charge is -2.16. The number of nitro groups is 1. The highest BCUT2D eigenvalue weighted by molar-refractivity contribution is 6.34. The third-order valence-electron chi connectivity index (χ3n) is 3.37. The number of carbonyl (C=O) groups is 1. The maximum Gasteiger partial charge on any atom is 0.295 e. The number of nitrogens with zero attached hydrogens (tertiary/aromatic N) is 1. The van der Waals surface area contributed by atoms with Gasteiger partial charge in [-0.3, -0.25) is 20.8 Å². The molecule has 21 heavy (non-hydrogen) atoms. The SMILES string of the molecule is CC1OCCC1NC(=O)c1cc(Cl)c(NN)c([N+](=O)[O-])c1. The highest BCUT2D eigenvalue weighted by atomic mass is 35.5. The van der Waals surface area contributed by atoms with Crippen molar-refractivity contribution in [3.63, 3.8) is 0 Å². The topological polar surface area (TPSA) is 120 Å². The van der Waals surface area contributed by atoms with E-state index in [1.54, 1.807) is 0 Å². The number of nitro benzene ring substituents is 1. The summed E-state index contributed by atoms with van der Waals surface area (Å²) in [6.45, 7) is 2.43. The molecule has 1 aromatic rings. The largest absolute Gasteiger partial charge is 0.376 e. The quantitative estimate of drug-likeness (QED) is 0.439. The number of nitrogens with one attached hydrogen (secondary N) is 2. The summed E-state index contributed by atoms with van der Waals surface area (Å²) in [5, 5.41) is 13.8. The van der Waals surface area contributed by atoms with Crippen molar-refractivity contribution in [3.05, 3.63) is 32.8 Å². The minimum absolute atomic E-state index is 0.00701. The first-order valence-corrected chi connectivity index (χ1v) is 6.69. The van der Waals surface area contributed by atoms with E-state index in [1.807, 2.05) is 6.92 Å². The molecule has 4 N–H and O–H groups in total. The summed E-state index contributed by atoms with van der Waals surface area (Å²) in [6, 6.07) is 2.35. The van der Waals surface area contributed by atoms with Crippen LogP contribution in [-0.4, -0.2) is 29.6 Å². The highest BCUT2D eigenvalue weighted by Gasteiger charge is 2.27. The molecule has 1 fully saturated rings. The Hall–Kier alpha value is -1.90. The second-order valence-electron chi connectivity index (χ2n) is 4.70. The Kier molecular flexibility index (Phi) is 4.61. The minimum atomic E-state index is -0.654. The van der Waals surface area contributed by atoms with Gasteiger partial charge in [-0.15, -0.1) is 0 Å². The van der Waals surface area contributed by atoms with Crippen LogP contribution in [0.1, 0.15) is 23.7 Å². The van der Waals surface area contributed by atoms with Gasteiger partial charge in [-0.25, -0.2) is 0 Å². The molecule has 0 spiro atoms. The molecule has 1 amide bonds. The van der Waals surface area contributed by atoms with Gasteiger partial charge in [0.05, 0.1) is 22.1 Å². The van der Waals surface area contributed by atoms with Gasteiger partial charge in [0.25, 0.3) is 11.6 Å². The maximum absolute atomic E-state index is 12.2. The lowest BCUT2D eigenvalue weighted by molar-refractivity contribution is -0.384. The molecule has 8 nitrogen and oxygen atoms in total. The van der Waals surface area contributed by atoms with Crippen LogP contribution in [0.4, 0.5) is 11.4 Å². The Morgan fingerprint density at radius 1 is 1.57 bits per heavy atom. The maximum atomic E-state index is 12.2. The number of amides is 1. The minimum Gasteiger partial charge on any atom is -0.376 e. The summed E-state index contributed by atoms with van der Waals surface area (Å²) in [4.78, 5) is 22.5. The predicted octanol–water partition coefficient (Wildman–Crippen LogP) is 1.44. The van der Waals surface area contributed by atoms with Crippen LogP contribution in [0.15, 0.2) is 12.1 Å². The van der Waals surface area contributed by atoms with Crippen molar-refractivity contribution in [3.8, 4) is 0 Å². The second-order valence-corrected chi connectivity index (χ2v) is 5.11. The fourth-order valence-corrected chi connectivity index (χ4v) is 2.45. The Balaban J connectivity index is 2.27. The van der Waals surface area contributed by atoms with E-state index in [0.717, 1.165) is 6.07 Å². The van der Waals surface area contributed by atoms with E-state index in [1.165, 1.54) is 6.07 Å². The molecule has 2 rings (SSSR count). The molecule has 114 valence electrons. The zero-order valence-corrected chi connectivity index (χ0v) is 12.0. The molecule has 1 aromatic carbocycles. The van der Waals surface area contributed by atoms with E-state index in [9.17, 15) is 14.9 Å². The van der Waals surface area contributed by atoms with Gasteiger partial charge in [0.2, 0.25) is 0 Å². The van der Waals surface area contributed by atoms with Gasteiger partial charge in [0.15, 0.2) is 0 Å². The molecule has 0 radical (unpaired) electrons. The molecular formula is C12H15ClN4O4. The van der Waals surface area contributed by atoms with Crippen molar-refractivity contribution in [2.75, 3.05) is 12.0 Å². The average molecular weight is 315 g/mol. The van der Waals surface area contributed by atoms with Crippen LogP contribution in [0, 0.1) is 10.1 Å². The van der Waals surface area contributed by atoms with Crippen LogP contribution in [0.25, 0.3) is 0 Å². The molecule has 0 saturated carbocycles. The first-order chi connectivity index (χ1) is 9.93. The number of hydrogen-bond donors (Lipinski definition) is 3. The highest BCUT2D eigenvalue weighted by Crippen LogP contribution is 2.33. The number of nitrogen functional groups attached to an aromatic ring is 1. The second kappa shape index (κ2) is 6.25. The number of hydrazine groups is 1. The van der Waals surface area contributed by atoms with Gasteiger partial charge in [-0.1, -0.05) is 11.6 Å². The molecule has 0 aromatic heterocycles. The van der Waals surface area contributed by atoms with Crippen LogP contribution < -0.4 is 16.6 Å². The molecular weight excluding hydrogens is 300 g/mol. The Bertz CT molecular complexity index is 581. The molecule has 0 aliphatic carbocycles. The normalized spacial score (nSPS) is 21.1. The molecule has 1 saturated heterocycles. The number of rotatable bonds is 4. The molecule has 0 bridgehead atoms. The fourth-order valence-electron chi connectivity index (χ4n) is 2.18. The van der Waals surface area contributed by atoms with E-state index < -0.39 is 10.8 Å². The van der Waals surface area contributed by atoms with E-state index in [4.69, 9.17) is 22.2 Å². The first-order valence-electron chi connectivity index (χ1n) is 6.31. The smallest absolute Gasteiger partial charge is 0.295 e. The number of carbonyl (C=O) groups excluding carboxylic acids is 1. The standard InChI is InChI=1S/C12H15ClN4O4/c1-6-9(2-3-21-6)15-12(18)7-4-8(13)11(16-14)10(5-7)17(19)20/h4-6,9,16H,2-3,14H2,1H3,(H,15,18). The van der Waals surface area contributed by atoms with Crippen LogP contribution >= 0.6 is 11.6 Å². The summed E-state index contributed by atoms with van der Waals surface area (Å²) in [5.41, 5.74) is 1.88. The number of ether oxygens (including phenoxy) is 1. The number of anilines is 1. The van der Waals surface area contributed by atoms with Crippen LogP contribution in [-0.2, 0) is 4.74 Å².